The molecule has 1 heterocycles. The van der Waals surface area contributed by atoms with Crippen molar-refractivity contribution in [3.63, 3.8) is 0 Å². The maximum absolute atomic E-state index is 4.59. The fraction of sp³-hybridized carbons (Fsp3) is 0.524. The summed E-state index contributed by atoms with van der Waals surface area (Å²) in [5.41, 5.74) is 3.80. The first kappa shape index (κ1) is 24.8. The average Bonchev–Trinajstić information content (AvgIpc) is 2.96. The zero-order valence-corrected chi connectivity index (χ0v) is 21.0. The number of rotatable bonds is 8. The summed E-state index contributed by atoms with van der Waals surface area (Å²) in [6.07, 6.45) is 0.913. The Morgan fingerprint density at radius 2 is 1.86 bits per heavy atom. The van der Waals surface area contributed by atoms with E-state index in [0.717, 1.165) is 37.7 Å². The third-order valence-corrected chi connectivity index (χ3v) is 5.93. The Labute approximate surface area is 191 Å². The van der Waals surface area contributed by atoms with Crippen LogP contribution in [0.25, 0.3) is 0 Å². The Kier molecular flexibility index (Phi) is 11.0. The minimum atomic E-state index is 0. The smallest absolute Gasteiger partial charge is 0.191 e. The van der Waals surface area contributed by atoms with Gasteiger partial charge in [0.25, 0.3) is 0 Å². The standard InChI is InChI=1S/C21H33N5S.HI/c1-15(2)26(6)14-19-10-8-7-9-18(19)13-24-21(22-5)23-12-11-20-25-16(3)17(4)27-20;/h7-10,15H,11-14H2,1-6H3,(H2,22,23,24);1H. The number of aliphatic imine (C=N–C) groups is 1. The maximum Gasteiger partial charge on any atom is 0.191 e. The van der Waals surface area contributed by atoms with Crippen LogP contribution in [-0.2, 0) is 19.5 Å². The van der Waals surface area contributed by atoms with Gasteiger partial charge in [-0.25, -0.2) is 4.98 Å². The highest BCUT2D eigenvalue weighted by Crippen LogP contribution is 2.16. The molecule has 1 aromatic heterocycles. The number of benzene rings is 1. The first-order valence-electron chi connectivity index (χ1n) is 9.55. The molecule has 2 aromatic rings. The summed E-state index contributed by atoms with van der Waals surface area (Å²) in [5, 5.41) is 8.00. The van der Waals surface area contributed by atoms with E-state index in [9.17, 15) is 0 Å². The van der Waals surface area contributed by atoms with Gasteiger partial charge >= 0.3 is 0 Å². The van der Waals surface area contributed by atoms with E-state index in [4.69, 9.17) is 0 Å². The highest BCUT2D eigenvalue weighted by Gasteiger charge is 2.09. The van der Waals surface area contributed by atoms with Crippen molar-refractivity contribution in [3.05, 3.63) is 51.0 Å². The lowest BCUT2D eigenvalue weighted by Gasteiger charge is -2.23. The van der Waals surface area contributed by atoms with Crippen LogP contribution in [0.2, 0.25) is 0 Å². The van der Waals surface area contributed by atoms with Gasteiger partial charge in [0.15, 0.2) is 5.96 Å². The van der Waals surface area contributed by atoms with E-state index >= 15 is 0 Å². The Hall–Kier alpha value is -1.19. The van der Waals surface area contributed by atoms with Gasteiger partial charge in [-0.1, -0.05) is 24.3 Å². The molecule has 0 aliphatic rings. The van der Waals surface area contributed by atoms with Gasteiger partial charge in [-0.15, -0.1) is 35.3 Å². The zero-order chi connectivity index (χ0) is 19.8. The first-order valence-corrected chi connectivity index (χ1v) is 10.4. The number of halogens is 1. The molecular formula is C21H34IN5S. The average molecular weight is 516 g/mol. The lowest BCUT2D eigenvalue weighted by atomic mass is 10.1. The van der Waals surface area contributed by atoms with E-state index in [0.29, 0.717) is 6.04 Å². The molecule has 28 heavy (non-hydrogen) atoms. The fourth-order valence-corrected chi connectivity index (χ4v) is 3.60. The van der Waals surface area contributed by atoms with Crippen LogP contribution in [0, 0.1) is 13.8 Å². The lowest BCUT2D eigenvalue weighted by molar-refractivity contribution is 0.265. The van der Waals surface area contributed by atoms with E-state index in [-0.39, 0.29) is 24.0 Å². The van der Waals surface area contributed by atoms with E-state index < -0.39 is 0 Å². The van der Waals surface area contributed by atoms with Crippen LogP contribution < -0.4 is 10.6 Å². The summed E-state index contributed by atoms with van der Waals surface area (Å²) in [6, 6.07) is 9.13. The van der Waals surface area contributed by atoms with Crippen molar-refractivity contribution in [2.45, 2.75) is 53.2 Å². The molecule has 156 valence electrons. The Morgan fingerprint density at radius 1 is 1.18 bits per heavy atom. The topological polar surface area (TPSA) is 52.6 Å². The van der Waals surface area contributed by atoms with Crippen LogP contribution in [0.4, 0.5) is 0 Å². The second-order valence-electron chi connectivity index (χ2n) is 7.13. The molecule has 7 heteroatoms. The van der Waals surface area contributed by atoms with Crippen molar-refractivity contribution in [2.75, 3.05) is 20.6 Å². The maximum atomic E-state index is 4.59. The van der Waals surface area contributed by atoms with Gasteiger partial charge in [0.2, 0.25) is 0 Å². The number of hydrogen-bond donors (Lipinski definition) is 2. The van der Waals surface area contributed by atoms with Gasteiger partial charge in [0.1, 0.15) is 0 Å². The van der Waals surface area contributed by atoms with Crippen LogP contribution in [0.5, 0.6) is 0 Å². The molecule has 2 N–H and O–H groups in total. The van der Waals surface area contributed by atoms with Gasteiger partial charge in [0.05, 0.1) is 10.7 Å². The minimum Gasteiger partial charge on any atom is -0.356 e. The summed E-state index contributed by atoms with van der Waals surface area (Å²) in [6.45, 7) is 11.2. The number of hydrogen-bond acceptors (Lipinski definition) is 4. The molecular weight excluding hydrogens is 481 g/mol. The van der Waals surface area contributed by atoms with E-state index in [1.807, 2.05) is 7.05 Å². The molecule has 0 amide bonds. The van der Waals surface area contributed by atoms with Crippen molar-refractivity contribution in [2.24, 2.45) is 4.99 Å². The molecule has 0 atom stereocenters. The Bertz CT molecular complexity index is 738. The van der Waals surface area contributed by atoms with Crippen molar-refractivity contribution in [1.82, 2.24) is 20.5 Å². The predicted molar refractivity (Wildman–Crippen MR) is 132 cm³/mol. The molecule has 0 saturated carbocycles. The SMILES string of the molecule is CN=C(NCCc1nc(C)c(C)s1)NCc1ccccc1CN(C)C(C)C.I. The second kappa shape index (κ2) is 12.4. The number of thiazole rings is 1. The molecule has 1 aromatic carbocycles. The predicted octanol–water partition coefficient (Wildman–Crippen LogP) is 4.13. The van der Waals surface area contributed by atoms with Crippen LogP contribution in [0.15, 0.2) is 29.3 Å². The van der Waals surface area contributed by atoms with Gasteiger partial charge < -0.3 is 10.6 Å². The fourth-order valence-electron chi connectivity index (χ4n) is 2.67. The molecule has 0 radical (unpaired) electrons. The number of aryl methyl sites for hydroxylation is 2. The van der Waals surface area contributed by atoms with Crippen LogP contribution >= 0.6 is 35.3 Å². The molecule has 0 aliphatic heterocycles. The van der Waals surface area contributed by atoms with Gasteiger partial charge in [0, 0.05) is 44.0 Å². The zero-order valence-electron chi connectivity index (χ0n) is 17.9. The summed E-state index contributed by atoms with van der Waals surface area (Å²) < 4.78 is 0. The van der Waals surface area contributed by atoms with Crippen molar-refractivity contribution in [3.8, 4) is 0 Å². The highest BCUT2D eigenvalue weighted by atomic mass is 127. The third-order valence-electron chi connectivity index (χ3n) is 4.79. The largest absolute Gasteiger partial charge is 0.356 e. The van der Waals surface area contributed by atoms with Crippen LogP contribution in [-0.4, -0.2) is 42.5 Å². The molecule has 0 unspecified atom stereocenters. The molecule has 2 rings (SSSR count). The number of guanidine groups is 1. The second-order valence-corrected chi connectivity index (χ2v) is 8.42. The molecule has 0 fully saturated rings. The number of nitrogens with one attached hydrogen (secondary N) is 2. The Balaban J connectivity index is 0.00000392. The Morgan fingerprint density at radius 3 is 2.43 bits per heavy atom. The molecule has 0 bridgehead atoms. The summed E-state index contributed by atoms with van der Waals surface area (Å²) in [4.78, 5) is 12.6. The number of aromatic nitrogens is 1. The van der Waals surface area contributed by atoms with Crippen LogP contribution in [0.1, 0.15) is 40.6 Å². The van der Waals surface area contributed by atoms with E-state index in [1.54, 1.807) is 11.3 Å². The minimum absolute atomic E-state index is 0. The highest BCUT2D eigenvalue weighted by molar-refractivity contribution is 14.0. The van der Waals surface area contributed by atoms with Gasteiger partial charge in [-0.05, 0) is 45.9 Å². The summed E-state index contributed by atoms with van der Waals surface area (Å²) in [7, 11) is 3.98. The van der Waals surface area contributed by atoms with E-state index in [1.165, 1.54) is 21.0 Å². The first-order chi connectivity index (χ1) is 12.9. The van der Waals surface area contributed by atoms with Crippen molar-refractivity contribution in [1.29, 1.82) is 0 Å². The monoisotopic (exact) mass is 515 g/mol. The third kappa shape index (κ3) is 7.67. The molecule has 5 nitrogen and oxygen atoms in total. The van der Waals surface area contributed by atoms with Gasteiger partial charge in [-0.2, -0.15) is 0 Å². The summed E-state index contributed by atoms with van der Waals surface area (Å²) >= 11 is 1.78. The van der Waals surface area contributed by atoms with Crippen molar-refractivity contribution < 1.29 is 0 Å². The van der Waals surface area contributed by atoms with E-state index in [2.05, 4.69) is 84.5 Å². The van der Waals surface area contributed by atoms with Crippen LogP contribution in [0.3, 0.4) is 0 Å². The van der Waals surface area contributed by atoms with Crippen molar-refractivity contribution >= 4 is 41.3 Å². The molecule has 0 spiro atoms. The lowest BCUT2D eigenvalue weighted by Crippen LogP contribution is -2.38. The normalized spacial score (nSPS) is 11.6. The molecule has 0 saturated heterocycles. The number of nitrogens with zero attached hydrogens (tertiary/aromatic N) is 3. The van der Waals surface area contributed by atoms with Gasteiger partial charge in [-0.3, -0.25) is 9.89 Å². The molecule has 0 aliphatic carbocycles. The quantitative estimate of drug-likeness (QED) is 0.316. The summed E-state index contributed by atoms with van der Waals surface area (Å²) in [5.74, 6) is 0.826.